The molecule has 1 heterocycles. The molecular weight excluding hydrogens is 441 g/mol. The fraction of sp³-hybridized carbons (Fsp3) is 0.136. The number of hydrogen-bond donors (Lipinski definition) is 3. The van der Waals surface area contributed by atoms with Crippen molar-refractivity contribution in [2.75, 3.05) is 16.0 Å². The van der Waals surface area contributed by atoms with Crippen molar-refractivity contribution in [1.29, 1.82) is 0 Å². The van der Waals surface area contributed by atoms with Crippen LogP contribution in [0.2, 0.25) is 5.02 Å². The van der Waals surface area contributed by atoms with Crippen LogP contribution in [-0.2, 0) is 4.79 Å². The van der Waals surface area contributed by atoms with Crippen LogP contribution in [0.15, 0.2) is 42.5 Å². The highest BCUT2D eigenvalue weighted by molar-refractivity contribution is 7.18. The normalized spacial score (nSPS) is 10.5. The van der Waals surface area contributed by atoms with Crippen LogP contribution in [-0.4, -0.2) is 17.7 Å². The quantitative estimate of drug-likeness (QED) is 0.462. The molecule has 0 fully saturated rings. The summed E-state index contributed by atoms with van der Waals surface area (Å²) in [5.74, 6) is -1.59. The Balaban J connectivity index is 1.77. The van der Waals surface area contributed by atoms with Crippen molar-refractivity contribution < 1.29 is 18.8 Å². The van der Waals surface area contributed by atoms with Gasteiger partial charge in [-0.15, -0.1) is 11.3 Å². The summed E-state index contributed by atoms with van der Waals surface area (Å²) < 4.78 is 13.2. The number of benzene rings is 2. The van der Waals surface area contributed by atoms with Crippen molar-refractivity contribution in [2.24, 2.45) is 0 Å². The Labute approximate surface area is 187 Å². The summed E-state index contributed by atoms with van der Waals surface area (Å²) >= 11 is 7.05. The van der Waals surface area contributed by atoms with Gasteiger partial charge in [0.15, 0.2) is 0 Å². The molecule has 3 amide bonds. The summed E-state index contributed by atoms with van der Waals surface area (Å²) in [5.41, 5.74) is 2.77. The molecule has 0 saturated carbocycles. The van der Waals surface area contributed by atoms with Crippen molar-refractivity contribution >= 4 is 57.0 Å². The highest BCUT2D eigenvalue weighted by atomic mass is 35.5. The molecule has 0 saturated heterocycles. The lowest BCUT2D eigenvalue weighted by Gasteiger charge is -2.10. The van der Waals surface area contributed by atoms with Gasteiger partial charge in [-0.25, -0.2) is 4.39 Å². The molecule has 0 radical (unpaired) electrons. The molecule has 3 rings (SSSR count). The van der Waals surface area contributed by atoms with Crippen LogP contribution in [0, 0.1) is 19.7 Å². The van der Waals surface area contributed by atoms with Gasteiger partial charge in [-0.1, -0.05) is 17.7 Å². The van der Waals surface area contributed by atoms with Gasteiger partial charge >= 0.3 is 0 Å². The molecule has 0 aliphatic heterocycles. The van der Waals surface area contributed by atoms with E-state index in [1.807, 2.05) is 6.92 Å². The van der Waals surface area contributed by atoms with E-state index in [0.717, 1.165) is 29.0 Å². The predicted molar refractivity (Wildman–Crippen MR) is 122 cm³/mol. The third-order valence-electron chi connectivity index (χ3n) is 4.34. The van der Waals surface area contributed by atoms with Crippen LogP contribution in [0.25, 0.3) is 0 Å². The largest absolute Gasteiger partial charge is 0.326 e. The molecule has 1 aromatic heterocycles. The highest BCUT2D eigenvalue weighted by Crippen LogP contribution is 2.29. The maximum Gasteiger partial charge on any atom is 0.266 e. The van der Waals surface area contributed by atoms with Crippen molar-refractivity contribution in [3.63, 3.8) is 0 Å². The Morgan fingerprint density at radius 3 is 2.32 bits per heavy atom. The van der Waals surface area contributed by atoms with Crippen LogP contribution in [0.1, 0.15) is 38.1 Å². The van der Waals surface area contributed by atoms with Crippen LogP contribution in [0.3, 0.4) is 0 Å². The fourth-order valence-corrected chi connectivity index (χ4v) is 4.05. The monoisotopic (exact) mass is 459 g/mol. The smallest absolute Gasteiger partial charge is 0.266 e. The van der Waals surface area contributed by atoms with Gasteiger partial charge < -0.3 is 16.0 Å². The molecule has 2 aromatic carbocycles. The maximum absolute atomic E-state index is 13.2. The average Bonchev–Trinajstić information content (AvgIpc) is 3.04. The lowest BCUT2D eigenvalue weighted by atomic mass is 10.1. The lowest BCUT2D eigenvalue weighted by molar-refractivity contribution is -0.114. The molecule has 3 N–H and O–H groups in total. The number of amides is 3. The maximum atomic E-state index is 13.2. The second-order valence-electron chi connectivity index (χ2n) is 6.87. The number of thiophene rings is 1. The topological polar surface area (TPSA) is 87.3 Å². The minimum absolute atomic E-state index is 0.00160. The standard InChI is InChI=1S/C22H19ClFN3O3S/c1-11-4-6-15(25-13(3)28)10-18(11)26-22(30)20-12(2)8-19(31-20)27-21(29)16-7-5-14(24)9-17(16)23/h4-10H,1-3H3,(H,25,28)(H,26,30)(H,27,29). The highest BCUT2D eigenvalue weighted by Gasteiger charge is 2.18. The Morgan fingerprint density at radius 1 is 0.903 bits per heavy atom. The summed E-state index contributed by atoms with van der Waals surface area (Å²) in [5, 5.41) is 8.66. The van der Waals surface area contributed by atoms with E-state index < -0.39 is 11.7 Å². The summed E-state index contributed by atoms with van der Waals surface area (Å²) in [6.45, 7) is 5.00. The summed E-state index contributed by atoms with van der Waals surface area (Å²) in [4.78, 5) is 37.0. The fourth-order valence-electron chi connectivity index (χ4n) is 2.84. The molecular formula is C22H19ClFN3O3S. The van der Waals surface area contributed by atoms with Gasteiger partial charge in [0.25, 0.3) is 11.8 Å². The zero-order valence-electron chi connectivity index (χ0n) is 16.9. The van der Waals surface area contributed by atoms with Crippen LogP contribution in [0.5, 0.6) is 0 Å². The predicted octanol–water partition coefficient (Wildman–Crippen LogP) is 5.62. The van der Waals surface area contributed by atoms with E-state index in [1.54, 1.807) is 31.2 Å². The molecule has 0 bridgehead atoms. The van der Waals surface area contributed by atoms with Crippen molar-refractivity contribution in [2.45, 2.75) is 20.8 Å². The van der Waals surface area contributed by atoms with Gasteiger partial charge in [0.2, 0.25) is 5.91 Å². The number of aryl methyl sites for hydroxylation is 2. The van der Waals surface area contributed by atoms with E-state index in [-0.39, 0.29) is 22.4 Å². The third-order valence-corrected chi connectivity index (χ3v) is 5.81. The first kappa shape index (κ1) is 22.5. The molecule has 0 aliphatic rings. The van der Waals surface area contributed by atoms with Crippen LogP contribution in [0.4, 0.5) is 20.8 Å². The van der Waals surface area contributed by atoms with Gasteiger partial charge in [-0.2, -0.15) is 0 Å². The van der Waals surface area contributed by atoms with E-state index in [0.29, 0.717) is 26.8 Å². The Morgan fingerprint density at radius 2 is 1.65 bits per heavy atom. The van der Waals surface area contributed by atoms with Gasteiger partial charge in [0, 0.05) is 18.3 Å². The van der Waals surface area contributed by atoms with Gasteiger partial charge in [-0.3, -0.25) is 14.4 Å². The zero-order valence-corrected chi connectivity index (χ0v) is 18.5. The van der Waals surface area contributed by atoms with Gasteiger partial charge in [0.1, 0.15) is 5.82 Å². The molecule has 9 heteroatoms. The van der Waals surface area contributed by atoms with E-state index in [4.69, 9.17) is 11.6 Å². The van der Waals surface area contributed by atoms with E-state index in [9.17, 15) is 18.8 Å². The molecule has 31 heavy (non-hydrogen) atoms. The number of anilines is 3. The zero-order chi connectivity index (χ0) is 22.7. The summed E-state index contributed by atoms with van der Waals surface area (Å²) in [7, 11) is 0. The van der Waals surface area contributed by atoms with Gasteiger partial charge in [-0.05, 0) is 61.4 Å². The molecule has 3 aromatic rings. The molecule has 0 atom stereocenters. The second kappa shape index (κ2) is 9.28. The van der Waals surface area contributed by atoms with E-state index in [1.165, 1.54) is 13.0 Å². The number of rotatable bonds is 5. The third kappa shape index (κ3) is 5.48. The molecule has 6 nitrogen and oxygen atoms in total. The first-order chi connectivity index (χ1) is 14.6. The van der Waals surface area contributed by atoms with E-state index in [2.05, 4.69) is 16.0 Å². The number of nitrogens with one attached hydrogen (secondary N) is 3. The molecule has 0 spiro atoms. The van der Waals surface area contributed by atoms with Crippen molar-refractivity contribution in [1.82, 2.24) is 0 Å². The summed E-state index contributed by atoms with van der Waals surface area (Å²) in [6.07, 6.45) is 0. The Hall–Kier alpha value is -3.23. The first-order valence-electron chi connectivity index (χ1n) is 9.20. The minimum Gasteiger partial charge on any atom is -0.326 e. The first-order valence-corrected chi connectivity index (χ1v) is 10.4. The van der Waals surface area contributed by atoms with Crippen LogP contribution < -0.4 is 16.0 Å². The number of halogens is 2. The van der Waals surface area contributed by atoms with Crippen molar-refractivity contribution in [3.05, 3.63) is 74.9 Å². The average molecular weight is 460 g/mol. The number of hydrogen-bond acceptors (Lipinski definition) is 4. The Kier molecular flexibility index (Phi) is 6.72. The number of carbonyl (C=O) groups excluding carboxylic acids is 3. The molecule has 160 valence electrons. The lowest BCUT2D eigenvalue weighted by Crippen LogP contribution is -2.13. The summed E-state index contributed by atoms with van der Waals surface area (Å²) in [6, 6.07) is 10.4. The number of carbonyl (C=O) groups is 3. The van der Waals surface area contributed by atoms with Crippen LogP contribution >= 0.6 is 22.9 Å². The molecule has 0 aliphatic carbocycles. The molecule has 0 unspecified atom stereocenters. The second-order valence-corrected chi connectivity index (χ2v) is 8.33. The SMILES string of the molecule is CC(=O)Nc1ccc(C)c(NC(=O)c2sc(NC(=O)c3ccc(F)cc3Cl)cc2C)c1. The van der Waals surface area contributed by atoms with Crippen molar-refractivity contribution in [3.8, 4) is 0 Å². The minimum atomic E-state index is -0.537. The van der Waals surface area contributed by atoms with Gasteiger partial charge in [0.05, 0.1) is 20.5 Å². The Bertz CT molecular complexity index is 1190. The van der Waals surface area contributed by atoms with E-state index >= 15 is 0 Å².